The molecule has 0 aliphatic carbocycles. The zero-order valence-corrected chi connectivity index (χ0v) is 18.8. The van der Waals surface area contributed by atoms with Crippen LogP contribution in [0.3, 0.4) is 0 Å². The molecule has 0 N–H and O–H groups in total. The van der Waals surface area contributed by atoms with E-state index < -0.39 is 0 Å². The van der Waals surface area contributed by atoms with Gasteiger partial charge in [0.25, 0.3) is 0 Å². The van der Waals surface area contributed by atoms with Gasteiger partial charge < -0.3 is 9.30 Å². The predicted octanol–water partition coefficient (Wildman–Crippen LogP) is 4.47. The lowest BCUT2D eigenvalue weighted by molar-refractivity contribution is 0.174. The van der Waals surface area contributed by atoms with Crippen molar-refractivity contribution in [2.75, 3.05) is 7.11 Å². The van der Waals surface area contributed by atoms with Gasteiger partial charge in [-0.3, -0.25) is 4.57 Å². The highest BCUT2D eigenvalue weighted by Gasteiger charge is 2.25. The average Bonchev–Trinajstić information content (AvgIpc) is 3.34. The summed E-state index contributed by atoms with van der Waals surface area (Å²) in [6, 6.07) is 14.8. The van der Waals surface area contributed by atoms with Crippen molar-refractivity contribution in [1.29, 1.82) is 0 Å². The van der Waals surface area contributed by atoms with Gasteiger partial charge in [0.05, 0.1) is 17.9 Å². The summed E-state index contributed by atoms with van der Waals surface area (Å²) in [6.07, 6.45) is 1.85. The van der Waals surface area contributed by atoms with Crippen molar-refractivity contribution < 1.29 is 4.74 Å². The van der Waals surface area contributed by atoms with Crippen LogP contribution in [-0.2, 0) is 17.9 Å². The number of nitrogens with zero attached hydrogens (tertiary/aromatic N) is 5. The molecule has 32 heavy (non-hydrogen) atoms. The van der Waals surface area contributed by atoms with Gasteiger partial charge in [0, 0.05) is 18.2 Å². The first-order valence-corrected chi connectivity index (χ1v) is 10.8. The fourth-order valence-electron chi connectivity index (χ4n) is 4.04. The van der Waals surface area contributed by atoms with Crippen molar-refractivity contribution in [3.8, 4) is 28.9 Å². The van der Waals surface area contributed by atoms with Crippen LogP contribution < -0.4 is 0 Å². The second kappa shape index (κ2) is 8.10. The lowest BCUT2D eigenvalue weighted by Gasteiger charge is -2.08. The van der Waals surface area contributed by atoms with E-state index in [1.165, 1.54) is 11.1 Å². The van der Waals surface area contributed by atoms with Gasteiger partial charge in [-0.15, -0.1) is 10.2 Å². The predicted molar refractivity (Wildman–Crippen MR) is 124 cm³/mol. The Kier molecular flexibility index (Phi) is 5.12. The molecule has 6 heteroatoms. The van der Waals surface area contributed by atoms with E-state index in [4.69, 9.17) is 4.74 Å². The average molecular weight is 424 g/mol. The molecule has 3 heterocycles. The van der Waals surface area contributed by atoms with Crippen LogP contribution in [0.1, 0.15) is 53.7 Å². The Labute approximate surface area is 187 Å². The summed E-state index contributed by atoms with van der Waals surface area (Å²) in [4.78, 5) is 4.66. The highest BCUT2D eigenvalue weighted by atomic mass is 16.5. The van der Waals surface area contributed by atoms with Gasteiger partial charge >= 0.3 is 0 Å². The number of aryl methyl sites for hydroxylation is 1. The molecule has 0 bridgehead atoms. The van der Waals surface area contributed by atoms with Gasteiger partial charge in [0.15, 0.2) is 11.6 Å². The Morgan fingerprint density at radius 3 is 2.62 bits per heavy atom. The summed E-state index contributed by atoms with van der Waals surface area (Å²) in [5.74, 6) is 8.70. The number of hydrogen-bond donors (Lipinski definition) is 0. The van der Waals surface area contributed by atoms with Gasteiger partial charge in [-0.2, -0.15) is 0 Å². The minimum atomic E-state index is 0.394. The number of ether oxygens (including phenoxy) is 1. The monoisotopic (exact) mass is 423 g/mol. The first-order chi connectivity index (χ1) is 15.5. The Morgan fingerprint density at radius 1 is 1.06 bits per heavy atom. The molecule has 1 aliphatic heterocycles. The smallest absolute Gasteiger partial charge is 0.166 e. The normalized spacial score (nSPS) is 11.9. The van der Waals surface area contributed by atoms with Crippen molar-refractivity contribution in [1.82, 2.24) is 24.3 Å². The van der Waals surface area contributed by atoms with Gasteiger partial charge in [-0.05, 0) is 48.6 Å². The van der Waals surface area contributed by atoms with Crippen LogP contribution in [0.15, 0.2) is 48.8 Å². The molecule has 0 saturated carbocycles. The number of hydrogen-bond acceptors (Lipinski definition) is 4. The van der Waals surface area contributed by atoms with E-state index in [0.717, 1.165) is 39.9 Å². The zero-order chi connectivity index (χ0) is 22.2. The maximum Gasteiger partial charge on any atom is 0.166 e. The summed E-state index contributed by atoms with van der Waals surface area (Å²) < 4.78 is 9.58. The minimum absolute atomic E-state index is 0.394. The highest BCUT2D eigenvalue weighted by molar-refractivity contribution is 5.70. The Hall–Kier alpha value is -3.69. The molecule has 5 rings (SSSR count). The van der Waals surface area contributed by atoms with Crippen LogP contribution >= 0.6 is 0 Å². The van der Waals surface area contributed by atoms with Crippen molar-refractivity contribution in [2.24, 2.45) is 0 Å². The van der Waals surface area contributed by atoms with Crippen LogP contribution in [0.2, 0.25) is 0 Å². The molecular formula is C26H25N5O. The number of rotatable bonds is 3. The SMILES string of the molecule is COCc1nnc2n1Cc1c(C#Cc3ccc(C(C)C)cc3)ncn1-c1ccc(C)cc1-2. The van der Waals surface area contributed by atoms with Gasteiger partial charge in [-0.1, -0.05) is 43.5 Å². The van der Waals surface area contributed by atoms with E-state index >= 15 is 0 Å². The topological polar surface area (TPSA) is 57.8 Å². The molecule has 0 amide bonds. The van der Waals surface area contributed by atoms with E-state index in [0.29, 0.717) is 19.1 Å². The Bertz CT molecular complexity index is 1350. The molecule has 1 aliphatic rings. The Morgan fingerprint density at radius 2 is 1.88 bits per heavy atom. The second-order valence-corrected chi connectivity index (χ2v) is 8.42. The first-order valence-electron chi connectivity index (χ1n) is 10.8. The summed E-state index contributed by atoms with van der Waals surface area (Å²) in [6.45, 7) is 7.43. The molecule has 0 spiro atoms. The second-order valence-electron chi connectivity index (χ2n) is 8.42. The molecule has 6 nitrogen and oxygen atoms in total. The van der Waals surface area contributed by atoms with Crippen LogP contribution in [0.4, 0.5) is 0 Å². The third-order valence-electron chi connectivity index (χ3n) is 5.83. The molecule has 0 atom stereocenters. The largest absolute Gasteiger partial charge is 0.377 e. The van der Waals surface area contributed by atoms with Crippen LogP contribution in [0, 0.1) is 18.8 Å². The van der Waals surface area contributed by atoms with E-state index in [9.17, 15) is 0 Å². The number of benzene rings is 2. The molecule has 0 fully saturated rings. The number of fused-ring (bicyclic) bond motifs is 5. The molecular weight excluding hydrogens is 398 g/mol. The standard InChI is InChI=1S/C26H25N5O/c1-17(2)20-9-6-19(7-10-20)8-11-22-24-14-30-25(15-32-4)28-29-26(30)21-13-18(3)5-12-23(21)31(24)16-27-22/h5-7,9-10,12-13,16-17H,14-15H2,1-4H3. The van der Waals surface area contributed by atoms with E-state index in [1.54, 1.807) is 7.11 Å². The molecule has 0 radical (unpaired) electrons. The number of imidazole rings is 1. The highest BCUT2D eigenvalue weighted by Crippen LogP contribution is 2.33. The lowest BCUT2D eigenvalue weighted by Crippen LogP contribution is -2.09. The quantitative estimate of drug-likeness (QED) is 0.402. The molecule has 2 aromatic heterocycles. The number of methoxy groups -OCH3 is 1. The molecule has 4 aromatic rings. The van der Waals surface area contributed by atoms with Gasteiger partial charge in [0.1, 0.15) is 18.6 Å². The van der Waals surface area contributed by atoms with Crippen molar-refractivity contribution in [2.45, 2.75) is 39.8 Å². The third-order valence-corrected chi connectivity index (χ3v) is 5.83. The number of aromatic nitrogens is 5. The van der Waals surface area contributed by atoms with Crippen LogP contribution in [-0.4, -0.2) is 31.4 Å². The maximum atomic E-state index is 5.36. The summed E-state index contributed by atoms with van der Waals surface area (Å²) in [5, 5.41) is 8.87. The van der Waals surface area contributed by atoms with E-state index in [2.05, 4.69) is 99.4 Å². The zero-order valence-electron chi connectivity index (χ0n) is 18.8. The van der Waals surface area contributed by atoms with Gasteiger partial charge in [-0.25, -0.2) is 4.98 Å². The molecule has 0 unspecified atom stereocenters. The lowest BCUT2D eigenvalue weighted by atomic mass is 10.0. The third kappa shape index (κ3) is 3.51. The first kappa shape index (κ1) is 20.2. The van der Waals surface area contributed by atoms with Crippen molar-refractivity contribution >= 4 is 0 Å². The molecule has 160 valence electrons. The summed E-state index contributed by atoms with van der Waals surface area (Å²) in [7, 11) is 1.67. The Balaban J connectivity index is 1.61. The van der Waals surface area contributed by atoms with Gasteiger partial charge in [0.2, 0.25) is 0 Å². The fraction of sp³-hybridized carbons (Fsp3) is 0.269. The van der Waals surface area contributed by atoms with Crippen LogP contribution in [0.25, 0.3) is 17.1 Å². The molecule has 0 saturated heterocycles. The maximum absolute atomic E-state index is 5.36. The van der Waals surface area contributed by atoms with Crippen molar-refractivity contribution in [3.05, 3.63) is 82.7 Å². The summed E-state index contributed by atoms with van der Waals surface area (Å²) >= 11 is 0. The fourth-order valence-corrected chi connectivity index (χ4v) is 4.04. The summed E-state index contributed by atoms with van der Waals surface area (Å²) in [5.41, 5.74) is 7.28. The van der Waals surface area contributed by atoms with E-state index in [-0.39, 0.29) is 0 Å². The van der Waals surface area contributed by atoms with Crippen LogP contribution in [0.5, 0.6) is 0 Å². The minimum Gasteiger partial charge on any atom is -0.377 e. The molecule has 2 aromatic carbocycles. The van der Waals surface area contributed by atoms with E-state index in [1.807, 2.05) is 6.33 Å². The van der Waals surface area contributed by atoms with Crippen molar-refractivity contribution in [3.63, 3.8) is 0 Å².